The van der Waals surface area contributed by atoms with Crippen LogP contribution in [0.5, 0.6) is 0 Å². The lowest BCUT2D eigenvalue weighted by Crippen LogP contribution is -2.19. The van der Waals surface area contributed by atoms with E-state index < -0.39 is 0 Å². The molecule has 0 saturated carbocycles. The SMILES string of the molecule is O=C(Cn1ccc2c(Cl)ncnc21)Nc1ccc(-c2cnccn2)cn1. The van der Waals surface area contributed by atoms with Crippen molar-refractivity contribution in [3.8, 4) is 11.3 Å². The second-order valence-electron chi connectivity index (χ2n) is 5.42. The van der Waals surface area contributed by atoms with Gasteiger partial charge in [0.05, 0.1) is 17.3 Å². The van der Waals surface area contributed by atoms with Gasteiger partial charge < -0.3 is 9.88 Å². The Hall–Kier alpha value is -3.39. The predicted molar refractivity (Wildman–Crippen MR) is 96.4 cm³/mol. The van der Waals surface area contributed by atoms with E-state index in [0.29, 0.717) is 27.7 Å². The summed E-state index contributed by atoms with van der Waals surface area (Å²) in [6.07, 6.45) is 9.62. The molecular formula is C17H12ClN7O. The topological polar surface area (TPSA) is 98.5 Å². The van der Waals surface area contributed by atoms with Crippen LogP contribution in [0.2, 0.25) is 5.15 Å². The number of rotatable bonds is 4. The lowest BCUT2D eigenvalue weighted by molar-refractivity contribution is -0.116. The van der Waals surface area contributed by atoms with Gasteiger partial charge in [0.1, 0.15) is 29.5 Å². The fourth-order valence-corrected chi connectivity index (χ4v) is 2.70. The van der Waals surface area contributed by atoms with Gasteiger partial charge in [0.15, 0.2) is 0 Å². The minimum atomic E-state index is -0.225. The van der Waals surface area contributed by atoms with Crippen molar-refractivity contribution < 1.29 is 4.79 Å². The van der Waals surface area contributed by atoms with Crippen molar-refractivity contribution in [1.29, 1.82) is 0 Å². The van der Waals surface area contributed by atoms with Gasteiger partial charge >= 0.3 is 0 Å². The molecule has 0 atom stereocenters. The maximum atomic E-state index is 12.3. The molecule has 4 aromatic rings. The molecule has 128 valence electrons. The maximum Gasteiger partial charge on any atom is 0.245 e. The van der Waals surface area contributed by atoms with Crippen LogP contribution in [0.3, 0.4) is 0 Å². The van der Waals surface area contributed by atoms with Crippen molar-refractivity contribution in [2.75, 3.05) is 5.32 Å². The van der Waals surface area contributed by atoms with Crippen LogP contribution in [-0.2, 0) is 11.3 Å². The van der Waals surface area contributed by atoms with Crippen LogP contribution in [0, 0.1) is 0 Å². The summed E-state index contributed by atoms with van der Waals surface area (Å²) in [5, 5.41) is 3.81. The average Bonchev–Trinajstić information content (AvgIpc) is 3.07. The number of hydrogen-bond acceptors (Lipinski definition) is 6. The van der Waals surface area contributed by atoms with Crippen molar-refractivity contribution in [2.45, 2.75) is 6.54 Å². The highest BCUT2D eigenvalue weighted by molar-refractivity contribution is 6.33. The van der Waals surface area contributed by atoms with E-state index in [1.165, 1.54) is 6.33 Å². The Bertz CT molecular complexity index is 1060. The fourth-order valence-electron chi connectivity index (χ4n) is 2.51. The summed E-state index contributed by atoms with van der Waals surface area (Å²) >= 11 is 6.02. The molecule has 0 aliphatic carbocycles. The number of fused-ring (bicyclic) bond motifs is 1. The molecule has 4 heterocycles. The van der Waals surface area contributed by atoms with E-state index in [1.54, 1.807) is 47.7 Å². The number of amides is 1. The number of pyridine rings is 1. The summed E-state index contributed by atoms with van der Waals surface area (Å²) in [7, 11) is 0. The van der Waals surface area contributed by atoms with Gasteiger partial charge in [0.25, 0.3) is 0 Å². The number of carbonyl (C=O) groups excluding carboxylic acids is 1. The Balaban J connectivity index is 1.47. The van der Waals surface area contributed by atoms with E-state index in [2.05, 4.69) is 30.2 Å². The third-order valence-electron chi connectivity index (χ3n) is 3.71. The Labute approximate surface area is 152 Å². The van der Waals surface area contributed by atoms with E-state index >= 15 is 0 Å². The highest BCUT2D eigenvalue weighted by Crippen LogP contribution is 2.20. The van der Waals surface area contributed by atoms with Gasteiger partial charge in [0.2, 0.25) is 5.91 Å². The predicted octanol–water partition coefficient (Wildman–Crippen LogP) is 2.58. The molecule has 0 fully saturated rings. The number of aromatic nitrogens is 6. The zero-order valence-electron chi connectivity index (χ0n) is 13.4. The van der Waals surface area contributed by atoms with E-state index in [1.807, 2.05) is 6.07 Å². The van der Waals surface area contributed by atoms with Crippen LogP contribution in [0.15, 0.2) is 55.5 Å². The molecule has 1 N–H and O–H groups in total. The second kappa shape index (κ2) is 6.85. The molecular weight excluding hydrogens is 354 g/mol. The molecule has 4 rings (SSSR count). The van der Waals surface area contributed by atoms with Gasteiger partial charge in [-0.3, -0.25) is 14.8 Å². The zero-order valence-corrected chi connectivity index (χ0v) is 14.1. The Morgan fingerprint density at radius 1 is 1.08 bits per heavy atom. The summed E-state index contributed by atoms with van der Waals surface area (Å²) < 4.78 is 1.70. The van der Waals surface area contributed by atoms with Gasteiger partial charge in [-0.25, -0.2) is 15.0 Å². The number of carbonyl (C=O) groups is 1. The summed E-state index contributed by atoms with van der Waals surface area (Å²) in [5.41, 5.74) is 2.14. The van der Waals surface area contributed by atoms with E-state index in [0.717, 1.165) is 5.56 Å². The molecule has 8 nitrogen and oxygen atoms in total. The van der Waals surface area contributed by atoms with Crippen molar-refractivity contribution in [1.82, 2.24) is 29.5 Å². The van der Waals surface area contributed by atoms with Crippen LogP contribution in [0.1, 0.15) is 0 Å². The second-order valence-corrected chi connectivity index (χ2v) is 5.77. The summed E-state index contributed by atoms with van der Waals surface area (Å²) in [4.78, 5) is 32.9. The third kappa shape index (κ3) is 3.22. The molecule has 0 unspecified atom stereocenters. The molecule has 9 heteroatoms. The maximum absolute atomic E-state index is 12.3. The van der Waals surface area contributed by atoms with Crippen molar-refractivity contribution in [2.24, 2.45) is 0 Å². The Morgan fingerprint density at radius 3 is 2.77 bits per heavy atom. The van der Waals surface area contributed by atoms with Crippen LogP contribution in [0.4, 0.5) is 5.82 Å². The van der Waals surface area contributed by atoms with Crippen LogP contribution in [-0.4, -0.2) is 35.4 Å². The van der Waals surface area contributed by atoms with Crippen LogP contribution in [0.25, 0.3) is 22.3 Å². The first-order valence-corrected chi connectivity index (χ1v) is 8.06. The van der Waals surface area contributed by atoms with E-state index in [9.17, 15) is 4.79 Å². The van der Waals surface area contributed by atoms with Gasteiger partial charge in [0, 0.05) is 30.4 Å². The van der Waals surface area contributed by atoms with Gasteiger partial charge in [-0.05, 0) is 18.2 Å². The molecule has 1 amide bonds. The van der Waals surface area contributed by atoms with Gasteiger partial charge in [-0.1, -0.05) is 11.6 Å². The first kappa shape index (κ1) is 16.1. The normalized spacial score (nSPS) is 10.8. The van der Waals surface area contributed by atoms with Gasteiger partial charge in [-0.15, -0.1) is 0 Å². The molecule has 4 aromatic heterocycles. The number of hydrogen-bond donors (Lipinski definition) is 1. The summed E-state index contributed by atoms with van der Waals surface area (Å²) in [5.74, 6) is 0.226. The Morgan fingerprint density at radius 2 is 2.00 bits per heavy atom. The molecule has 0 aromatic carbocycles. The summed E-state index contributed by atoms with van der Waals surface area (Å²) in [6.45, 7) is 0.0877. The molecule has 0 saturated heterocycles. The monoisotopic (exact) mass is 365 g/mol. The van der Waals surface area contributed by atoms with Crippen molar-refractivity contribution >= 4 is 34.4 Å². The first-order chi connectivity index (χ1) is 12.7. The first-order valence-electron chi connectivity index (χ1n) is 7.68. The van der Waals surface area contributed by atoms with E-state index in [-0.39, 0.29) is 12.5 Å². The molecule has 0 bridgehead atoms. The Kier molecular flexibility index (Phi) is 4.24. The minimum absolute atomic E-state index is 0.0877. The highest BCUT2D eigenvalue weighted by Gasteiger charge is 2.10. The zero-order chi connectivity index (χ0) is 17.9. The smallest absolute Gasteiger partial charge is 0.245 e. The van der Waals surface area contributed by atoms with Gasteiger partial charge in [-0.2, -0.15) is 0 Å². The lowest BCUT2D eigenvalue weighted by Gasteiger charge is -2.07. The molecule has 0 aliphatic heterocycles. The molecule has 0 aliphatic rings. The highest BCUT2D eigenvalue weighted by atomic mass is 35.5. The fraction of sp³-hybridized carbons (Fsp3) is 0.0588. The minimum Gasteiger partial charge on any atom is -0.323 e. The number of nitrogens with zero attached hydrogens (tertiary/aromatic N) is 6. The standard InChI is InChI=1S/C17H12ClN7O/c18-16-12-3-6-25(17(12)23-10-22-16)9-15(26)24-14-2-1-11(7-21-14)13-8-19-4-5-20-13/h1-8,10H,9H2,(H,21,24,26). The van der Waals surface area contributed by atoms with Crippen LogP contribution >= 0.6 is 11.6 Å². The average molecular weight is 366 g/mol. The molecule has 26 heavy (non-hydrogen) atoms. The third-order valence-corrected chi connectivity index (χ3v) is 4.01. The van der Waals surface area contributed by atoms with Crippen LogP contribution < -0.4 is 5.32 Å². The summed E-state index contributed by atoms with van der Waals surface area (Å²) in [6, 6.07) is 5.32. The molecule has 0 spiro atoms. The number of halogens is 1. The number of nitrogens with one attached hydrogen (secondary N) is 1. The number of anilines is 1. The molecule has 0 radical (unpaired) electrons. The van der Waals surface area contributed by atoms with Crippen molar-refractivity contribution in [3.63, 3.8) is 0 Å². The quantitative estimate of drug-likeness (QED) is 0.558. The largest absolute Gasteiger partial charge is 0.323 e. The van der Waals surface area contributed by atoms with Crippen molar-refractivity contribution in [3.05, 3.63) is 60.7 Å². The van der Waals surface area contributed by atoms with E-state index in [4.69, 9.17) is 11.6 Å². The lowest BCUT2D eigenvalue weighted by atomic mass is 10.2.